The zero-order valence-electron chi connectivity index (χ0n) is 11.0. The third kappa shape index (κ3) is 2.30. The molecule has 1 aromatic carbocycles. The molecule has 96 valence electrons. The van der Waals surface area contributed by atoms with Gasteiger partial charge in [0, 0.05) is 31.0 Å². The second-order valence-electron chi connectivity index (χ2n) is 4.70. The second-order valence-corrected chi connectivity index (χ2v) is 4.70. The Morgan fingerprint density at radius 1 is 1.22 bits per heavy atom. The number of carbonyl (C=O) groups excluding carboxylic acids is 2. The molecule has 1 atom stereocenters. The number of benzene rings is 1. The van der Waals surface area contributed by atoms with Gasteiger partial charge in [-0.15, -0.1) is 0 Å². The summed E-state index contributed by atoms with van der Waals surface area (Å²) in [5, 5.41) is 0. The number of ketones is 1. The maximum Gasteiger partial charge on any atom is 0.226 e. The fourth-order valence-corrected chi connectivity index (χ4v) is 2.61. The van der Waals surface area contributed by atoms with E-state index in [9.17, 15) is 9.59 Å². The zero-order chi connectivity index (χ0) is 13.1. The molecule has 3 nitrogen and oxygen atoms in total. The van der Waals surface area contributed by atoms with Gasteiger partial charge in [0.25, 0.3) is 0 Å². The SMILES string of the molecule is CCN(CC)C(=O)C1CC(=O)c2ccccc2C1. The molecule has 18 heavy (non-hydrogen) atoms. The molecule has 0 bridgehead atoms. The van der Waals surface area contributed by atoms with Crippen LogP contribution in [0.25, 0.3) is 0 Å². The summed E-state index contributed by atoms with van der Waals surface area (Å²) in [6.45, 7) is 5.36. The van der Waals surface area contributed by atoms with Crippen molar-refractivity contribution in [2.45, 2.75) is 26.7 Å². The van der Waals surface area contributed by atoms with E-state index >= 15 is 0 Å². The first-order valence-electron chi connectivity index (χ1n) is 6.57. The normalized spacial score (nSPS) is 18.3. The van der Waals surface area contributed by atoms with Crippen molar-refractivity contribution in [2.75, 3.05) is 13.1 Å². The van der Waals surface area contributed by atoms with Gasteiger partial charge in [-0.05, 0) is 25.8 Å². The Balaban J connectivity index is 2.21. The van der Waals surface area contributed by atoms with Crippen LogP contribution in [0.1, 0.15) is 36.2 Å². The zero-order valence-corrected chi connectivity index (χ0v) is 11.0. The van der Waals surface area contributed by atoms with Crippen LogP contribution in [0.15, 0.2) is 24.3 Å². The maximum atomic E-state index is 12.3. The van der Waals surface area contributed by atoms with Crippen molar-refractivity contribution in [1.82, 2.24) is 4.90 Å². The molecule has 0 radical (unpaired) electrons. The van der Waals surface area contributed by atoms with E-state index in [-0.39, 0.29) is 17.6 Å². The molecule has 1 aromatic rings. The molecule has 1 unspecified atom stereocenters. The highest BCUT2D eigenvalue weighted by molar-refractivity contribution is 6.01. The average Bonchev–Trinajstić information content (AvgIpc) is 2.40. The van der Waals surface area contributed by atoms with Crippen LogP contribution >= 0.6 is 0 Å². The Labute approximate surface area is 108 Å². The first kappa shape index (κ1) is 12.8. The summed E-state index contributed by atoms with van der Waals surface area (Å²) in [7, 11) is 0. The Hall–Kier alpha value is -1.64. The summed E-state index contributed by atoms with van der Waals surface area (Å²) in [4.78, 5) is 26.1. The molecule has 0 heterocycles. The third-order valence-electron chi connectivity index (χ3n) is 3.64. The van der Waals surface area contributed by atoms with E-state index in [0.717, 1.165) is 11.1 Å². The minimum absolute atomic E-state index is 0.0994. The molecule has 0 N–H and O–H groups in total. The van der Waals surface area contributed by atoms with Crippen LogP contribution in [0, 0.1) is 5.92 Å². The smallest absolute Gasteiger partial charge is 0.226 e. The van der Waals surface area contributed by atoms with E-state index < -0.39 is 0 Å². The van der Waals surface area contributed by atoms with Gasteiger partial charge in [0.05, 0.1) is 0 Å². The number of rotatable bonds is 3. The van der Waals surface area contributed by atoms with Crippen molar-refractivity contribution in [3.05, 3.63) is 35.4 Å². The standard InChI is InChI=1S/C15H19NO2/c1-3-16(4-2)15(18)12-9-11-7-5-6-8-13(11)14(17)10-12/h5-8,12H,3-4,9-10H2,1-2H3. The largest absolute Gasteiger partial charge is 0.343 e. The van der Waals surface area contributed by atoms with Crippen molar-refractivity contribution >= 4 is 11.7 Å². The number of hydrogen-bond donors (Lipinski definition) is 0. The van der Waals surface area contributed by atoms with Crippen LogP contribution < -0.4 is 0 Å². The maximum absolute atomic E-state index is 12.3. The van der Waals surface area contributed by atoms with Crippen LogP contribution in [-0.4, -0.2) is 29.7 Å². The van der Waals surface area contributed by atoms with E-state index in [0.29, 0.717) is 25.9 Å². The third-order valence-corrected chi connectivity index (χ3v) is 3.64. The minimum Gasteiger partial charge on any atom is -0.343 e. The van der Waals surface area contributed by atoms with E-state index in [4.69, 9.17) is 0 Å². The molecule has 0 saturated carbocycles. The van der Waals surface area contributed by atoms with Crippen molar-refractivity contribution in [3.8, 4) is 0 Å². The molecule has 0 aliphatic heterocycles. The predicted octanol–water partition coefficient (Wildman–Crippen LogP) is 2.30. The van der Waals surface area contributed by atoms with Gasteiger partial charge in [-0.2, -0.15) is 0 Å². The summed E-state index contributed by atoms with van der Waals surface area (Å²) >= 11 is 0. The monoisotopic (exact) mass is 245 g/mol. The lowest BCUT2D eigenvalue weighted by Crippen LogP contribution is -2.39. The van der Waals surface area contributed by atoms with Crippen LogP contribution in [0.4, 0.5) is 0 Å². The topological polar surface area (TPSA) is 37.4 Å². The van der Waals surface area contributed by atoms with Gasteiger partial charge < -0.3 is 4.90 Å². The first-order valence-corrected chi connectivity index (χ1v) is 6.57. The van der Waals surface area contributed by atoms with Gasteiger partial charge >= 0.3 is 0 Å². The summed E-state index contributed by atoms with van der Waals surface area (Å²) in [6.07, 6.45) is 1.05. The Morgan fingerprint density at radius 2 is 1.89 bits per heavy atom. The van der Waals surface area contributed by atoms with Crippen molar-refractivity contribution in [1.29, 1.82) is 0 Å². The highest BCUT2D eigenvalue weighted by atomic mass is 16.2. The fraction of sp³-hybridized carbons (Fsp3) is 0.467. The Kier molecular flexibility index (Phi) is 3.80. The fourth-order valence-electron chi connectivity index (χ4n) is 2.61. The lowest BCUT2D eigenvalue weighted by molar-refractivity contribution is -0.135. The highest BCUT2D eigenvalue weighted by Crippen LogP contribution is 2.26. The quantitative estimate of drug-likeness (QED) is 0.819. The highest BCUT2D eigenvalue weighted by Gasteiger charge is 2.31. The van der Waals surface area contributed by atoms with E-state index in [2.05, 4.69) is 0 Å². The number of amides is 1. The second kappa shape index (κ2) is 5.34. The lowest BCUT2D eigenvalue weighted by atomic mass is 9.82. The summed E-state index contributed by atoms with van der Waals surface area (Å²) < 4.78 is 0. The van der Waals surface area contributed by atoms with Crippen LogP contribution in [0.3, 0.4) is 0 Å². The summed E-state index contributed by atoms with van der Waals surface area (Å²) in [5.41, 5.74) is 1.81. The molecule has 0 saturated heterocycles. The van der Waals surface area contributed by atoms with Crippen LogP contribution in [0.2, 0.25) is 0 Å². The molecule has 1 aliphatic carbocycles. The molecular weight excluding hydrogens is 226 g/mol. The van der Waals surface area contributed by atoms with Gasteiger partial charge in [-0.3, -0.25) is 9.59 Å². The van der Waals surface area contributed by atoms with Crippen molar-refractivity contribution in [3.63, 3.8) is 0 Å². The van der Waals surface area contributed by atoms with Crippen molar-refractivity contribution < 1.29 is 9.59 Å². The molecule has 2 rings (SSSR count). The average molecular weight is 245 g/mol. The number of hydrogen-bond acceptors (Lipinski definition) is 2. The number of Topliss-reactive ketones (excluding diaryl/α,β-unsaturated/α-hetero) is 1. The molecule has 0 spiro atoms. The van der Waals surface area contributed by atoms with Gasteiger partial charge in [-0.25, -0.2) is 0 Å². The van der Waals surface area contributed by atoms with Gasteiger partial charge in [0.2, 0.25) is 5.91 Å². The Bertz CT molecular complexity index is 463. The number of nitrogens with zero attached hydrogens (tertiary/aromatic N) is 1. The molecule has 3 heteroatoms. The van der Waals surface area contributed by atoms with Crippen LogP contribution in [-0.2, 0) is 11.2 Å². The van der Waals surface area contributed by atoms with Gasteiger partial charge in [0.15, 0.2) is 5.78 Å². The van der Waals surface area contributed by atoms with E-state index in [1.165, 1.54) is 0 Å². The van der Waals surface area contributed by atoms with E-state index in [1.807, 2.05) is 43.0 Å². The summed E-state index contributed by atoms with van der Waals surface area (Å²) in [5.74, 6) is 0.0394. The van der Waals surface area contributed by atoms with Gasteiger partial charge in [-0.1, -0.05) is 24.3 Å². The number of fused-ring (bicyclic) bond motifs is 1. The Morgan fingerprint density at radius 3 is 2.56 bits per heavy atom. The first-order chi connectivity index (χ1) is 8.67. The summed E-state index contributed by atoms with van der Waals surface area (Å²) in [6, 6.07) is 7.62. The predicted molar refractivity (Wildman–Crippen MR) is 70.5 cm³/mol. The molecule has 0 fully saturated rings. The minimum atomic E-state index is -0.174. The number of carbonyl (C=O) groups is 2. The van der Waals surface area contributed by atoms with E-state index in [1.54, 1.807) is 0 Å². The molecule has 1 amide bonds. The molecule has 0 aromatic heterocycles. The van der Waals surface area contributed by atoms with Crippen molar-refractivity contribution in [2.24, 2.45) is 5.92 Å². The molecular formula is C15H19NO2. The van der Waals surface area contributed by atoms with Crippen LogP contribution in [0.5, 0.6) is 0 Å². The molecule has 1 aliphatic rings. The van der Waals surface area contributed by atoms with Gasteiger partial charge in [0.1, 0.15) is 0 Å². The lowest BCUT2D eigenvalue weighted by Gasteiger charge is -2.28.